The van der Waals surface area contributed by atoms with Gasteiger partial charge in [-0.1, -0.05) is 17.7 Å². The molecule has 0 saturated carbocycles. The summed E-state index contributed by atoms with van der Waals surface area (Å²) in [7, 11) is -0.441. The Kier molecular flexibility index (Phi) is 9.96. The molecule has 0 N–H and O–H groups in total. The minimum atomic E-state index is -3.50. The van der Waals surface area contributed by atoms with Gasteiger partial charge in [-0.2, -0.15) is 17.0 Å². The molecule has 0 radical (unpaired) electrons. The number of likely N-dealkylation sites (tertiary alicyclic amines) is 2. The summed E-state index contributed by atoms with van der Waals surface area (Å²) in [5.74, 6) is 0.663. The van der Waals surface area contributed by atoms with Crippen LogP contribution in [0.15, 0.2) is 24.5 Å². The first kappa shape index (κ1) is 32.7. The van der Waals surface area contributed by atoms with Crippen LogP contribution in [0.5, 0.6) is 0 Å². The maximum atomic E-state index is 13.9. The average Bonchev–Trinajstić information content (AvgIpc) is 3.56. The number of halogens is 1. The van der Waals surface area contributed by atoms with Gasteiger partial charge in [-0.15, -0.1) is 0 Å². The third-order valence-corrected chi connectivity index (χ3v) is 11.8. The van der Waals surface area contributed by atoms with E-state index in [0.717, 1.165) is 61.8 Å². The van der Waals surface area contributed by atoms with Gasteiger partial charge in [0.1, 0.15) is 6.33 Å². The fraction of sp³-hybridized carbons (Fsp3) is 0.613. The quantitative estimate of drug-likeness (QED) is 0.412. The zero-order chi connectivity index (χ0) is 31.8. The van der Waals surface area contributed by atoms with Crippen LogP contribution in [0.1, 0.15) is 46.6 Å². The molecular weight excluding hydrogens is 602 g/mol. The number of amides is 2. The van der Waals surface area contributed by atoms with E-state index in [-0.39, 0.29) is 17.7 Å². The standard InChI is InChI=1S/C31H44ClN7O4S/c1-21-7-8-27(15-28(21)32)39(30(40)24-9-13-38(14-10-24)44(42,43)35(4)5)12-6-11-36-16-25-18-37(19-26(25)17-36)31(41)29-22(2)33-20-34-23(29)3/h7-8,15,20,24-26H,6,9-14,16-19H2,1-5H3. The normalized spacial score (nSPS) is 21.7. The van der Waals surface area contributed by atoms with Crippen molar-refractivity contribution in [3.63, 3.8) is 0 Å². The molecule has 13 heteroatoms. The van der Waals surface area contributed by atoms with E-state index in [2.05, 4.69) is 14.9 Å². The number of hydrogen-bond acceptors (Lipinski definition) is 7. The lowest BCUT2D eigenvalue weighted by Gasteiger charge is -2.35. The van der Waals surface area contributed by atoms with E-state index in [0.29, 0.717) is 54.9 Å². The number of piperidine rings is 1. The Balaban J connectivity index is 1.18. The van der Waals surface area contributed by atoms with E-state index < -0.39 is 10.2 Å². The summed E-state index contributed by atoms with van der Waals surface area (Å²) in [6.07, 6.45) is 3.27. The fourth-order valence-electron chi connectivity index (χ4n) is 6.85. The maximum Gasteiger partial charge on any atom is 0.281 e. The van der Waals surface area contributed by atoms with Crippen molar-refractivity contribution in [2.75, 3.05) is 71.4 Å². The third-order valence-electron chi connectivity index (χ3n) is 9.47. The first-order valence-corrected chi connectivity index (χ1v) is 17.2. The molecule has 5 rings (SSSR count). The first-order chi connectivity index (χ1) is 20.9. The molecule has 2 amide bonds. The van der Waals surface area contributed by atoms with Crippen molar-refractivity contribution >= 4 is 39.3 Å². The lowest BCUT2D eigenvalue weighted by atomic mass is 9.96. The molecular formula is C31H44ClN7O4S. The highest BCUT2D eigenvalue weighted by molar-refractivity contribution is 7.86. The van der Waals surface area contributed by atoms with E-state index in [4.69, 9.17) is 11.6 Å². The van der Waals surface area contributed by atoms with Crippen LogP contribution in [0.3, 0.4) is 0 Å². The molecule has 11 nitrogen and oxygen atoms in total. The molecule has 3 saturated heterocycles. The lowest BCUT2D eigenvalue weighted by molar-refractivity contribution is -0.123. The highest BCUT2D eigenvalue weighted by Crippen LogP contribution is 2.33. The van der Waals surface area contributed by atoms with Crippen molar-refractivity contribution in [3.8, 4) is 0 Å². The van der Waals surface area contributed by atoms with Crippen LogP contribution in [0.25, 0.3) is 0 Å². The van der Waals surface area contributed by atoms with Crippen molar-refractivity contribution in [1.29, 1.82) is 0 Å². The molecule has 2 unspecified atom stereocenters. The summed E-state index contributed by atoms with van der Waals surface area (Å²) in [6.45, 7) is 11.1. The molecule has 0 aliphatic carbocycles. The van der Waals surface area contributed by atoms with Gasteiger partial charge in [0.25, 0.3) is 16.1 Å². The summed E-state index contributed by atoms with van der Waals surface area (Å²) >= 11 is 6.47. The third kappa shape index (κ3) is 6.79. The highest BCUT2D eigenvalue weighted by atomic mass is 35.5. The van der Waals surface area contributed by atoms with Crippen molar-refractivity contribution in [2.45, 2.75) is 40.0 Å². The Morgan fingerprint density at radius 2 is 1.59 bits per heavy atom. The number of hydrogen-bond donors (Lipinski definition) is 0. The summed E-state index contributed by atoms with van der Waals surface area (Å²) in [5, 5.41) is 0.617. The van der Waals surface area contributed by atoms with Gasteiger partial charge in [0.15, 0.2) is 0 Å². The van der Waals surface area contributed by atoms with E-state index in [1.54, 1.807) is 0 Å². The monoisotopic (exact) mass is 645 g/mol. The Bertz CT molecular complexity index is 1460. The summed E-state index contributed by atoms with van der Waals surface area (Å²) in [4.78, 5) is 41.9. The van der Waals surface area contributed by atoms with E-state index in [1.165, 1.54) is 29.0 Å². The molecule has 0 spiro atoms. The van der Waals surface area contributed by atoms with Gasteiger partial charge in [0.05, 0.1) is 17.0 Å². The predicted molar refractivity (Wildman–Crippen MR) is 171 cm³/mol. The van der Waals surface area contributed by atoms with Crippen LogP contribution in [-0.4, -0.2) is 115 Å². The van der Waals surface area contributed by atoms with Crippen LogP contribution in [0.2, 0.25) is 5.02 Å². The SMILES string of the molecule is Cc1ccc(N(CCCN2CC3CN(C(=O)c4c(C)ncnc4C)CC3C2)C(=O)C2CCN(S(=O)(=O)N(C)C)CC2)cc1Cl. The Morgan fingerprint density at radius 3 is 2.16 bits per heavy atom. The molecule has 240 valence electrons. The minimum absolute atomic E-state index is 0.0229. The maximum absolute atomic E-state index is 13.9. The molecule has 2 atom stereocenters. The average molecular weight is 646 g/mol. The number of nitrogens with zero attached hydrogens (tertiary/aromatic N) is 7. The van der Waals surface area contributed by atoms with E-state index in [9.17, 15) is 18.0 Å². The number of carbonyl (C=O) groups excluding carboxylic acids is 2. The molecule has 4 heterocycles. The topological polar surface area (TPSA) is 110 Å². The zero-order valence-corrected chi connectivity index (χ0v) is 27.9. The van der Waals surface area contributed by atoms with Crippen LogP contribution in [0, 0.1) is 38.5 Å². The Hall–Kier alpha value is -2.64. The van der Waals surface area contributed by atoms with Crippen LogP contribution in [-0.2, 0) is 15.0 Å². The number of fused-ring (bicyclic) bond motifs is 1. The van der Waals surface area contributed by atoms with Gasteiger partial charge in [0.2, 0.25) is 5.91 Å². The zero-order valence-electron chi connectivity index (χ0n) is 26.4. The van der Waals surface area contributed by atoms with Gasteiger partial charge in [-0.05, 0) is 76.1 Å². The van der Waals surface area contributed by atoms with Gasteiger partial charge in [0, 0.05) is 76.5 Å². The Labute approximate surface area is 266 Å². The molecule has 3 aliphatic heterocycles. The van der Waals surface area contributed by atoms with Gasteiger partial charge < -0.3 is 14.7 Å². The number of benzene rings is 1. The molecule has 3 fully saturated rings. The van der Waals surface area contributed by atoms with Crippen LogP contribution in [0.4, 0.5) is 5.69 Å². The van der Waals surface area contributed by atoms with E-state index in [1.807, 2.05) is 48.8 Å². The largest absolute Gasteiger partial charge is 0.338 e. The van der Waals surface area contributed by atoms with Gasteiger partial charge >= 0.3 is 0 Å². The number of aromatic nitrogens is 2. The van der Waals surface area contributed by atoms with Crippen molar-refractivity contribution in [3.05, 3.63) is 52.1 Å². The first-order valence-electron chi connectivity index (χ1n) is 15.4. The van der Waals surface area contributed by atoms with Crippen molar-refractivity contribution in [1.82, 2.24) is 28.4 Å². The minimum Gasteiger partial charge on any atom is -0.338 e. The van der Waals surface area contributed by atoms with Crippen LogP contribution < -0.4 is 4.90 Å². The fourth-order valence-corrected chi connectivity index (χ4v) is 8.16. The molecule has 1 aromatic heterocycles. The van der Waals surface area contributed by atoms with Crippen LogP contribution >= 0.6 is 11.6 Å². The molecule has 2 aromatic rings. The molecule has 44 heavy (non-hydrogen) atoms. The smallest absolute Gasteiger partial charge is 0.281 e. The van der Waals surface area contributed by atoms with Crippen molar-refractivity contribution < 1.29 is 18.0 Å². The molecule has 3 aliphatic rings. The molecule has 1 aromatic carbocycles. The van der Waals surface area contributed by atoms with Crippen molar-refractivity contribution in [2.24, 2.45) is 17.8 Å². The van der Waals surface area contributed by atoms with Gasteiger partial charge in [-0.3, -0.25) is 9.59 Å². The summed E-state index contributed by atoms with van der Waals surface area (Å²) < 4.78 is 27.8. The predicted octanol–water partition coefficient (Wildman–Crippen LogP) is 3.00. The number of carbonyl (C=O) groups is 2. The summed E-state index contributed by atoms with van der Waals surface area (Å²) in [6, 6.07) is 5.73. The second kappa shape index (κ2) is 13.4. The number of anilines is 1. The number of rotatable bonds is 9. The summed E-state index contributed by atoms with van der Waals surface area (Å²) in [5.41, 5.74) is 3.79. The van der Waals surface area contributed by atoms with E-state index >= 15 is 0 Å². The second-order valence-corrected chi connectivity index (χ2v) is 15.2. The molecule has 0 bridgehead atoms. The van der Waals surface area contributed by atoms with Gasteiger partial charge in [-0.25, -0.2) is 9.97 Å². The second-order valence-electron chi connectivity index (χ2n) is 12.6. The highest BCUT2D eigenvalue weighted by Gasteiger charge is 2.42. The lowest BCUT2D eigenvalue weighted by Crippen LogP contribution is -2.48. The number of aryl methyl sites for hydroxylation is 3. The Morgan fingerprint density at radius 1 is 0.977 bits per heavy atom.